The maximum atomic E-state index is 11.9. The Hall–Kier alpha value is -2.68. The van der Waals surface area contributed by atoms with Crippen molar-refractivity contribution >= 4 is 18.1 Å². The molecular formula is C16H12O3. The second kappa shape index (κ2) is 5.78. The van der Waals surface area contributed by atoms with E-state index in [1.807, 2.05) is 0 Å². The summed E-state index contributed by atoms with van der Waals surface area (Å²) in [4.78, 5) is 22.4. The Morgan fingerprint density at radius 1 is 0.895 bits per heavy atom. The quantitative estimate of drug-likeness (QED) is 0.517. The number of carbonyl (C=O) groups is 2. The van der Waals surface area contributed by atoms with Crippen LogP contribution in [-0.2, 0) is 0 Å². The van der Waals surface area contributed by atoms with Crippen molar-refractivity contribution in [1.82, 2.24) is 0 Å². The summed E-state index contributed by atoms with van der Waals surface area (Å²) < 4.78 is 0. The Bertz CT molecular complexity index is 607. The van der Waals surface area contributed by atoms with Crippen LogP contribution in [0.25, 0.3) is 6.08 Å². The molecule has 0 aromatic heterocycles. The van der Waals surface area contributed by atoms with Crippen LogP contribution in [-0.4, -0.2) is 17.2 Å². The topological polar surface area (TPSA) is 54.4 Å². The first-order valence-corrected chi connectivity index (χ1v) is 5.76. The van der Waals surface area contributed by atoms with Gasteiger partial charge in [-0.2, -0.15) is 0 Å². The number of aromatic hydroxyl groups is 1. The van der Waals surface area contributed by atoms with Crippen LogP contribution in [0.2, 0.25) is 0 Å². The summed E-state index contributed by atoms with van der Waals surface area (Å²) >= 11 is 0. The van der Waals surface area contributed by atoms with Gasteiger partial charge in [0.05, 0.1) is 0 Å². The van der Waals surface area contributed by atoms with E-state index in [1.165, 1.54) is 6.08 Å². The first-order chi connectivity index (χ1) is 9.19. The lowest BCUT2D eigenvalue weighted by Gasteiger charge is -1.97. The molecule has 0 heterocycles. The highest BCUT2D eigenvalue weighted by Crippen LogP contribution is 2.11. The maximum absolute atomic E-state index is 11.9. The molecule has 0 spiro atoms. The molecule has 0 aliphatic rings. The van der Waals surface area contributed by atoms with E-state index in [0.29, 0.717) is 11.1 Å². The molecule has 0 bridgehead atoms. The number of ketones is 1. The van der Waals surface area contributed by atoms with Crippen molar-refractivity contribution in [2.24, 2.45) is 0 Å². The molecule has 0 aliphatic carbocycles. The van der Waals surface area contributed by atoms with Crippen LogP contribution in [0.1, 0.15) is 26.3 Å². The smallest absolute Gasteiger partial charge is 0.185 e. The molecule has 0 unspecified atom stereocenters. The van der Waals surface area contributed by atoms with E-state index in [4.69, 9.17) is 5.11 Å². The molecular weight excluding hydrogens is 240 g/mol. The molecule has 0 saturated carbocycles. The highest BCUT2D eigenvalue weighted by Gasteiger charge is 2.01. The van der Waals surface area contributed by atoms with Gasteiger partial charge in [-0.15, -0.1) is 0 Å². The second-order valence-electron chi connectivity index (χ2n) is 4.03. The predicted molar refractivity (Wildman–Crippen MR) is 73.3 cm³/mol. The van der Waals surface area contributed by atoms with E-state index < -0.39 is 0 Å². The number of phenols is 1. The Morgan fingerprint density at radius 2 is 1.47 bits per heavy atom. The molecule has 2 aromatic rings. The van der Waals surface area contributed by atoms with Crippen molar-refractivity contribution in [2.75, 3.05) is 0 Å². The van der Waals surface area contributed by atoms with Crippen LogP contribution in [0.15, 0.2) is 54.6 Å². The molecule has 2 aromatic carbocycles. The summed E-state index contributed by atoms with van der Waals surface area (Å²) in [5, 5.41) is 9.14. The SMILES string of the molecule is O=Cc1ccc(C(=O)C=Cc2ccc(O)cc2)cc1. The average Bonchev–Trinajstić information content (AvgIpc) is 2.46. The number of hydrogen-bond acceptors (Lipinski definition) is 3. The molecule has 94 valence electrons. The molecule has 0 aliphatic heterocycles. The summed E-state index contributed by atoms with van der Waals surface area (Å²) in [6.45, 7) is 0. The molecule has 0 atom stereocenters. The fourth-order valence-corrected chi connectivity index (χ4v) is 1.58. The lowest BCUT2D eigenvalue weighted by Crippen LogP contribution is -1.94. The average molecular weight is 252 g/mol. The number of phenolic OH excluding ortho intramolecular Hbond substituents is 1. The number of aldehydes is 1. The summed E-state index contributed by atoms with van der Waals surface area (Å²) in [6, 6.07) is 13.0. The Labute approximate surface area is 110 Å². The Morgan fingerprint density at radius 3 is 2.05 bits per heavy atom. The fraction of sp³-hybridized carbons (Fsp3) is 0. The normalized spacial score (nSPS) is 10.5. The largest absolute Gasteiger partial charge is 0.508 e. The number of rotatable bonds is 4. The van der Waals surface area contributed by atoms with Crippen LogP contribution < -0.4 is 0 Å². The predicted octanol–water partition coefficient (Wildman–Crippen LogP) is 3.10. The lowest BCUT2D eigenvalue weighted by molar-refractivity contribution is 0.104. The zero-order valence-electron chi connectivity index (χ0n) is 10.1. The van der Waals surface area contributed by atoms with Crippen molar-refractivity contribution in [3.05, 3.63) is 71.3 Å². The van der Waals surface area contributed by atoms with Gasteiger partial charge in [-0.3, -0.25) is 9.59 Å². The van der Waals surface area contributed by atoms with Crippen molar-refractivity contribution in [2.45, 2.75) is 0 Å². The van der Waals surface area contributed by atoms with Gasteiger partial charge < -0.3 is 5.11 Å². The number of hydrogen-bond donors (Lipinski definition) is 1. The van der Waals surface area contributed by atoms with Crippen molar-refractivity contribution < 1.29 is 14.7 Å². The Kier molecular flexibility index (Phi) is 3.88. The van der Waals surface area contributed by atoms with E-state index in [-0.39, 0.29) is 11.5 Å². The van der Waals surface area contributed by atoms with E-state index in [2.05, 4.69) is 0 Å². The summed E-state index contributed by atoms with van der Waals surface area (Å²) in [7, 11) is 0. The van der Waals surface area contributed by atoms with Gasteiger partial charge in [0.15, 0.2) is 5.78 Å². The third-order valence-corrected chi connectivity index (χ3v) is 2.65. The van der Waals surface area contributed by atoms with Gasteiger partial charge in [0.25, 0.3) is 0 Å². The highest BCUT2D eigenvalue weighted by molar-refractivity contribution is 6.07. The van der Waals surface area contributed by atoms with Gasteiger partial charge in [0, 0.05) is 11.1 Å². The van der Waals surface area contributed by atoms with Crippen LogP contribution in [0.5, 0.6) is 5.75 Å². The lowest BCUT2D eigenvalue weighted by atomic mass is 10.1. The zero-order chi connectivity index (χ0) is 13.7. The minimum absolute atomic E-state index is 0.134. The van der Waals surface area contributed by atoms with Crippen molar-refractivity contribution in [3.63, 3.8) is 0 Å². The Balaban J connectivity index is 2.11. The van der Waals surface area contributed by atoms with Crippen molar-refractivity contribution in [1.29, 1.82) is 0 Å². The number of carbonyl (C=O) groups excluding carboxylic acids is 2. The third kappa shape index (κ3) is 3.39. The third-order valence-electron chi connectivity index (χ3n) is 2.65. The minimum atomic E-state index is -0.134. The highest BCUT2D eigenvalue weighted by atomic mass is 16.3. The van der Waals surface area contributed by atoms with E-state index in [0.717, 1.165) is 11.8 Å². The monoisotopic (exact) mass is 252 g/mol. The van der Waals surface area contributed by atoms with Crippen LogP contribution in [0.4, 0.5) is 0 Å². The fourth-order valence-electron chi connectivity index (χ4n) is 1.58. The molecule has 0 saturated heterocycles. The summed E-state index contributed by atoms with van der Waals surface area (Å²) in [5.41, 5.74) is 1.90. The molecule has 0 fully saturated rings. The maximum Gasteiger partial charge on any atom is 0.185 e. The summed E-state index contributed by atoms with van der Waals surface area (Å²) in [6.07, 6.45) is 3.87. The molecule has 1 N–H and O–H groups in total. The molecule has 0 radical (unpaired) electrons. The number of benzene rings is 2. The van der Waals surface area contributed by atoms with Gasteiger partial charge in [-0.1, -0.05) is 42.5 Å². The van der Waals surface area contributed by atoms with Gasteiger partial charge in [-0.05, 0) is 23.8 Å². The molecule has 19 heavy (non-hydrogen) atoms. The molecule has 3 heteroatoms. The van der Waals surface area contributed by atoms with Gasteiger partial charge in [-0.25, -0.2) is 0 Å². The zero-order valence-corrected chi connectivity index (χ0v) is 10.1. The van der Waals surface area contributed by atoms with Gasteiger partial charge in [0.2, 0.25) is 0 Å². The summed E-state index contributed by atoms with van der Waals surface area (Å²) in [5.74, 6) is 0.0541. The minimum Gasteiger partial charge on any atom is -0.508 e. The van der Waals surface area contributed by atoms with Crippen molar-refractivity contribution in [3.8, 4) is 5.75 Å². The van der Waals surface area contributed by atoms with Crippen LogP contribution in [0.3, 0.4) is 0 Å². The number of allylic oxidation sites excluding steroid dienone is 1. The van der Waals surface area contributed by atoms with E-state index in [9.17, 15) is 9.59 Å². The van der Waals surface area contributed by atoms with Crippen LogP contribution >= 0.6 is 0 Å². The molecule has 0 amide bonds. The first-order valence-electron chi connectivity index (χ1n) is 5.76. The standard InChI is InChI=1S/C16H12O3/c17-11-13-1-6-14(7-2-13)16(19)10-5-12-3-8-15(18)9-4-12/h1-11,18H. The first kappa shape index (κ1) is 12.8. The second-order valence-corrected chi connectivity index (χ2v) is 4.03. The van der Waals surface area contributed by atoms with Gasteiger partial charge in [0.1, 0.15) is 12.0 Å². The molecule has 3 nitrogen and oxygen atoms in total. The van der Waals surface area contributed by atoms with E-state index >= 15 is 0 Å². The van der Waals surface area contributed by atoms with E-state index in [1.54, 1.807) is 54.6 Å². The van der Waals surface area contributed by atoms with Gasteiger partial charge >= 0.3 is 0 Å². The van der Waals surface area contributed by atoms with Crippen LogP contribution in [0, 0.1) is 0 Å². The molecule has 2 rings (SSSR count).